The summed E-state index contributed by atoms with van der Waals surface area (Å²) in [7, 11) is 5.94. The fraction of sp³-hybridized carbons (Fsp3) is 0.859. The van der Waals surface area contributed by atoms with E-state index in [1.54, 1.807) is 0 Å². The molecule has 9 nitrogen and oxygen atoms in total. The molecule has 0 spiro atoms. The summed E-state index contributed by atoms with van der Waals surface area (Å²) in [4.78, 5) is 37.5. The Morgan fingerprint density at radius 1 is 0.345 bits per heavy atom. The molecule has 0 rings (SSSR count). The number of esters is 2. The van der Waals surface area contributed by atoms with Crippen molar-refractivity contribution in [2.45, 2.75) is 386 Å². The third-order valence-electron chi connectivity index (χ3n) is 17.0. The maximum Gasteiger partial charge on any atom is 0.306 e. The SMILES string of the molecule is CCCCCCC/C=C\C/C=C\C/C=C\CCCCCCCCCCCCCCCCCCCCCCCCCCCCC(=O)OC(COC(=O)CCCCCCCCCCC/C=C\CCCCCCCCCC)COC(OCC[N+](C)(C)C)C(=O)[O-]. The first-order valence-electron chi connectivity index (χ1n) is 37.8. The fourth-order valence-corrected chi connectivity index (χ4v) is 11.2. The van der Waals surface area contributed by atoms with Gasteiger partial charge in [-0.15, -0.1) is 0 Å². The van der Waals surface area contributed by atoms with Gasteiger partial charge in [-0.1, -0.05) is 332 Å². The van der Waals surface area contributed by atoms with E-state index < -0.39 is 24.3 Å². The second-order valence-electron chi connectivity index (χ2n) is 26.9. The van der Waals surface area contributed by atoms with E-state index in [0.29, 0.717) is 17.4 Å². The van der Waals surface area contributed by atoms with E-state index in [1.165, 1.54) is 295 Å². The first-order chi connectivity index (χ1) is 42.6. The van der Waals surface area contributed by atoms with Crippen LogP contribution < -0.4 is 5.11 Å². The van der Waals surface area contributed by atoms with Gasteiger partial charge in [0, 0.05) is 12.8 Å². The molecule has 510 valence electrons. The summed E-state index contributed by atoms with van der Waals surface area (Å²) in [5.74, 6) is -2.26. The Balaban J connectivity index is 3.95. The molecule has 2 unspecified atom stereocenters. The van der Waals surface area contributed by atoms with Gasteiger partial charge in [0.15, 0.2) is 12.4 Å². The Bertz CT molecular complexity index is 1570. The standard InChI is InChI=1S/C78H145NO8/c1-6-8-10-12-14-16-18-20-22-24-26-28-29-30-31-32-33-34-35-36-37-38-39-40-41-42-43-44-45-46-47-49-51-53-55-57-59-61-63-65-67-69-76(81)87-74(73-86-78(77(82)83)84-71-70-79(3,4)5)72-85-75(80)68-66-64-62-60-58-56-54-52-50-48-27-25-23-21-19-17-15-13-11-9-7-2/h18,20,24-27,29-30,74,78H,6-17,19,21-23,28,31-73H2,1-5H3/b20-18-,26-24-,27-25-,30-29-. The van der Waals surface area contributed by atoms with Crippen molar-refractivity contribution in [1.82, 2.24) is 0 Å². The summed E-state index contributed by atoms with van der Waals surface area (Å²) in [5, 5.41) is 11.8. The molecule has 0 saturated carbocycles. The number of hydrogen-bond donors (Lipinski definition) is 0. The number of quaternary nitrogens is 1. The zero-order valence-electron chi connectivity index (χ0n) is 58.4. The first-order valence-corrected chi connectivity index (χ1v) is 37.8. The number of carbonyl (C=O) groups excluding carboxylic acids is 3. The maximum atomic E-state index is 12.9. The highest BCUT2D eigenvalue weighted by Gasteiger charge is 2.22. The lowest BCUT2D eigenvalue weighted by Gasteiger charge is -2.26. The Labute approximate surface area is 540 Å². The molecule has 0 aromatic rings. The highest BCUT2D eigenvalue weighted by atomic mass is 16.7. The molecular weight excluding hydrogens is 1080 g/mol. The third kappa shape index (κ3) is 70.6. The third-order valence-corrected chi connectivity index (χ3v) is 17.0. The zero-order chi connectivity index (χ0) is 63.3. The number of carboxylic acids is 1. The molecule has 0 fully saturated rings. The van der Waals surface area contributed by atoms with Gasteiger partial charge >= 0.3 is 11.9 Å². The van der Waals surface area contributed by atoms with Gasteiger partial charge in [0.05, 0.1) is 40.3 Å². The highest BCUT2D eigenvalue weighted by molar-refractivity contribution is 5.70. The topological polar surface area (TPSA) is 111 Å². The van der Waals surface area contributed by atoms with Gasteiger partial charge in [0.25, 0.3) is 0 Å². The molecule has 0 aliphatic carbocycles. The first kappa shape index (κ1) is 84.2. The monoisotopic (exact) mass is 1220 g/mol. The number of aliphatic carboxylic acids is 1. The van der Waals surface area contributed by atoms with Gasteiger partial charge in [-0.3, -0.25) is 9.59 Å². The van der Waals surface area contributed by atoms with E-state index in [9.17, 15) is 19.5 Å². The molecule has 0 aromatic heterocycles. The molecule has 0 amide bonds. The Hall–Kier alpha value is -2.75. The van der Waals surface area contributed by atoms with Crippen LogP contribution in [0, 0.1) is 0 Å². The minimum atomic E-state index is -1.62. The second kappa shape index (κ2) is 69.1. The molecule has 0 aliphatic rings. The van der Waals surface area contributed by atoms with Crippen molar-refractivity contribution < 1.29 is 42.9 Å². The zero-order valence-corrected chi connectivity index (χ0v) is 58.4. The minimum Gasteiger partial charge on any atom is -0.545 e. The number of ether oxygens (including phenoxy) is 4. The number of nitrogens with zero attached hydrogens (tertiary/aromatic N) is 1. The van der Waals surface area contributed by atoms with E-state index >= 15 is 0 Å². The Kier molecular flexibility index (Phi) is 67.0. The lowest BCUT2D eigenvalue weighted by atomic mass is 10.0. The number of carboxylic acid groups (broad SMARTS) is 1. The molecule has 0 heterocycles. The van der Waals surface area contributed by atoms with Crippen molar-refractivity contribution in [2.75, 3.05) is 47.5 Å². The summed E-state index contributed by atoms with van der Waals surface area (Å²) in [6.07, 6.45) is 86.5. The van der Waals surface area contributed by atoms with Crippen molar-refractivity contribution in [1.29, 1.82) is 0 Å². The predicted molar refractivity (Wildman–Crippen MR) is 371 cm³/mol. The van der Waals surface area contributed by atoms with E-state index in [2.05, 4.69) is 62.5 Å². The highest BCUT2D eigenvalue weighted by Crippen LogP contribution is 2.19. The van der Waals surface area contributed by atoms with E-state index in [-0.39, 0.29) is 32.2 Å². The fourth-order valence-electron chi connectivity index (χ4n) is 11.2. The van der Waals surface area contributed by atoms with Gasteiger partial charge in [-0.25, -0.2) is 0 Å². The molecule has 0 N–H and O–H groups in total. The largest absolute Gasteiger partial charge is 0.545 e. The summed E-state index contributed by atoms with van der Waals surface area (Å²) in [6.45, 7) is 4.79. The molecular formula is C78H145NO8. The quantitative estimate of drug-likeness (QED) is 0.0195. The molecule has 0 radical (unpaired) electrons. The van der Waals surface area contributed by atoms with Crippen LogP contribution in [0.5, 0.6) is 0 Å². The van der Waals surface area contributed by atoms with Gasteiger partial charge in [0.1, 0.15) is 13.2 Å². The van der Waals surface area contributed by atoms with Crippen LogP contribution in [0.2, 0.25) is 0 Å². The lowest BCUT2D eigenvalue weighted by Crippen LogP contribution is -2.44. The van der Waals surface area contributed by atoms with E-state index in [4.69, 9.17) is 18.9 Å². The van der Waals surface area contributed by atoms with Crippen molar-refractivity contribution in [3.8, 4) is 0 Å². The van der Waals surface area contributed by atoms with Crippen LogP contribution in [0.25, 0.3) is 0 Å². The van der Waals surface area contributed by atoms with Gasteiger partial charge < -0.3 is 33.3 Å². The van der Waals surface area contributed by atoms with Gasteiger partial charge in [0.2, 0.25) is 0 Å². The lowest BCUT2D eigenvalue weighted by molar-refractivity contribution is -0.870. The molecule has 2 atom stereocenters. The van der Waals surface area contributed by atoms with Crippen LogP contribution in [0.15, 0.2) is 48.6 Å². The van der Waals surface area contributed by atoms with Crippen molar-refractivity contribution in [2.24, 2.45) is 0 Å². The van der Waals surface area contributed by atoms with Crippen LogP contribution in [0.3, 0.4) is 0 Å². The number of unbranched alkanes of at least 4 members (excludes halogenated alkanes) is 48. The van der Waals surface area contributed by atoms with Gasteiger partial charge in [-0.05, 0) is 77.0 Å². The molecule has 0 aromatic carbocycles. The van der Waals surface area contributed by atoms with Crippen molar-refractivity contribution in [3.05, 3.63) is 48.6 Å². The smallest absolute Gasteiger partial charge is 0.306 e. The summed E-state index contributed by atoms with van der Waals surface area (Å²) in [6, 6.07) is 0. The summed E-state index contributed by atoms with van der Waals surface area (Å²) >= 11 is 0. The van der Waals surface area contributed by atoms with E-state index in [1.807, 2.05) is 21.1 Å². The Morgan fingerprint density at radius 3 is 0.931 bits per heavy atom. The number of carbonyl (C=O) groups is 3. The van der Waals surface area contributed by atoms with Crippen LogP contribution in [0.4, 0.5) is 0 Å². The Morgan fingerprint density at radius 2 is 0.621 bits per heavy atom. The van der Waals surface area contributed by atoms with Crippen molar-refractivity contribution >= 4 is 17.9 Å². The molecule has 0 saturated heterocycles. The number of hydrogen-bond acceptors (Lipinski definition) is 8. The van der Waals surface area contributed by atoms with Crippen LogP contribution in [0.1, 0.15) is 373 Å². The molecule has 0 aliphatic heterocycles. The number of allylic oxidation sites excluding steroid dienone is 8. The molecule has 9 heteroatoms. The number of rotatable bonds is 71. The second-order valence-corrected chi connectivity index (χ2v) is 26.9. The molecule has 0 bridgehead atoms. The van der Waals surface area contributed by atoms with Crippen LogP contribution in [-0.4, -0.2) is 82.3 Å². The normalized spacial score (nSPS) is 12.9. The van der Waals surface area contributed by atoms with Crippen LogP contribution in [-0.2, 0) is 33.3 Å². The number of likely N-dealkylation sites (N-methyl/N-ethyl adjacent to an activating group) is 1. The van der Waals surface area contributed by atoms with Crippen molar-refractivity contribution in [3.63, 3.8) is 0 Å². The predicted octanol–water partition coefficient (Wildman–Crippen LogP) is 22.4. The van der Waals surface area contributed by atoms with Crippen LogP contribution >= 0.6 is 0 Å². The average molecular weight is 1230 g/mol. The maximum absolute atomic E-state index is 12.9. The van der Waals surface area contributed by atoms with E-state index in [0.717, 1.165) is 51.4 Å². The van der Waals surface area contributed by atoms with Gasteiger partial charge in [-0.2, -0.15) is 0 Å². The average Bonchev–Trinajstić information content (AvgIpc) is 3.59. The molecule has 87 heavy (non-hydrogen) atoms. The summed E-state index contributed by atoms with van der Waals surface area (Å²) < 4.78 is 22.8. The minimum absolute atomic E-state index is 0.150. The summed E-state index contributed by atoms with van der Waals surface area (Å²) in [5.41, 5.74) is 0.